The van der Waals surface area contributed by atoms with Crippen molar-refractivity contribution in [3.05, 3.63) is 59.2 Å². The molecule has 5 heteroatoms. The highest BCUT2D eigenvalue weighted by molar-refractivity contribution is 6.04. The molecule has 2 aromatic carbocycles. The number of nitrogens with one attached hydrogen (secondary N) is 1. The topological polar surface area (TPSA) is 58.6 Å². The third kappa shape index (κ3) is 3.65. The van der Waals surface area contributed by atoms with Crippen molar-refractivity contribution in [3.63, 3.8) is 0 Å². The maximum Gasteiger partial charge on any atom is 0.251 e. The molecule has 0 spiro atoms. The lowest BCUT2D eigenvalue weighted by Crippen LogP contribution is -2.41. The summed E-state index contributed by atoms with van der Waals surface area (Å²) < 4.78 is 5.09. The highest BCUT2D eigenvalue weighted by Crippen LogP contribution is 2.24. The van der Waals surface area contributed by atoms with Crippen molar-refractivity contribution in [2.45, 2.75) is 26.3 Å². The second kappa shape index (κ2) is 6.97. The SMILES string of the molecule is COc1ccc(C(=O)N[C@H]2CCN(c3cc(C)cc(C)c3)C2=O)cc1. The zero-order valence-corrected chi connectivity index (χ0v) is 14.7. The monoisotopic (exact) mass is 338 g/mol. The molecule has 25 heavy (non-hydrogen) atoms. The van der Waals surface area contributed by atoms with Gasteiger partial charge in [-0.05, 0) is 67.8 Å². The number of benzene rings is 2. The zero-order valence-electron chi connectivity index (χ0n) is 14.7. The fraction of sp³-hybridized carbons (Fsp3) is 0.300. The summed E-state index contributed by atoms with van der Waals surface area (Å²) >= 11 is 0. The molecule has 5 nitrogen and oxygen atoms in total. The predicted octanol–water partition coefficient (Wildman–Crippen LogP) is 2.85. The standard InChI is InChI=1S/C20H22N2O3/c1-13-10-14(2)12-16(11-13)22-9-8-18(20(22)24)21-19(23)15-4-6-17(25-3)7-5-15/h4-7,10-12,18H,8-9H2,1-3H3,(H,21,23)/t18-/m0/s1. The lowest BCUT2D eigenvalue weighted by atomic mass is 10.1. The van der Waals surface area contributed by atoms with E-state index in [1.54, 1.807) is 36.3 Å². The average molecular weight is 338 g/mol. The maximum absolute atomic E-state index is 12.7. The number of methoxy groups -OCH3 is 1. The number of ether oxygens (including phenoxy) is 1. The Morgan fingerprint density at radius 1 is 1.12 bits per heavy atom. The number of nitrogens with zero attached hydrogens (tertiary/aromatic N) is 1. The summed E-state index contributed by atoms with van der Waals surface area (Å²) in [5.74, 6) is 0.379. The minimum Gasteiger partial charge on any atom is -0.497 e. The first-order valence-corrected chi connectivity index (χ1v) is 8.32. The summed E-state index contributed by atoms with van der Waals surface area (Å²) in [6, 6.07) is 12.4. The van der Waals surface area contributed by atoms with Crippen LogP contribution in [0.1, 0.15) is 27.9 Å². The van der Waals surface area contributed by atoms with Crippen LogP contribution in [0, 0.1) is 13.8 Å². The van der Waals surface area contributed by atoms with Crippen LogP contribution in [0.3, 0.4) is 0 Å². The summed E-state index contributed by atoms with van der Waals surface area (Å²) in [6.45, 7) is 4.63. The normalized spacial score (nSPS) is 16.8. The molecule has 1 saturated heterocycles. The van der Waals surface area contributed by atoms with Gasteiger partial charge in [0.05, 0.1) is 7.11 Å². The fourth-order valence-electron chi connectivity index (χ4n) is 3.16. The summed E-state index contributed by atoms with van der Waals surface area (Å²) in [6.07, 6.45) is 0.605. The summed E-state index contributed by atoms with van der Waals surface area (Å²) in [7, 11) is 1.58. The van der Waals surface area contributed by atoms with Crippen molar-refractivity contribution < 1.29 is 14.3 Å². The zero-order chi connectivity index (χ0) is 18.0. The van der Waals surface area contributed by atoms with Crippen molar-refractivity contribution in [2.24, 2.45) is 0 Å². The highest BCUT2D eigenvalue weighted by Gasteiger charge is 2.33. The lowest BCUT2D eigenvalue weighted by molar-refractivity contribution is -0.118. The van der Waals surface area contributed by atoms with Gasteiger partial charge in [-0.25, -0.2) is 0 Å². The van der Waals surface area contributed by atoms with Crippen LogP contribution in [-0.2, 0) is 4.79 Å². The van der Waals surface area contributed by atoms with E-state index >= 15 is 0 Å². The maximum atomic E-state index is 12.7. The van der Waals surface area contributed by atoms with Crippen molar-refractivity contribution in [2.75, 3.05) is 18.6 Å². The quantitative estimate of drug-likeness (QED) is 0.932. The van der Waals surface area contributed by atoms with E-state index in [1.807, 2.05) is 26.0 Å². The summed E-state index contributed by atoms with van der Waals surface area (Å²) in [4.78, 5) is 26.8. The Kier molecular flexibility index (Phi) is 4.74. The van der Waals surface area contributed by atoms with Gasteiger partial charge >= 0.3 is 0 Å². The molecule has 2 amide bonds. The van der Waals surface area contributed by atoms with Gasteiger partial charge in [-0.3, -0.25) is 9.59 Å². The van der Waals surface area contributed by atoms with Crippen LogP contribution in [-0.4, -0.2) is 31.5 Å². The van der Waals surface area contributed by atoms with Crippen LogP contribution in [0.25, 0.3) is 0 Å². The molecule has 3 rings (SSSR count). The van der Waals surface area contributed by atoms with Crippen LogP contribution in [0.2, 0.25) is 0 Å². The van der Waals surface area contributed by atoms with Gasteiger partial charge in [0.1, 0.15) is 11.8 Å². The molecule has 1 heterocycles. The molecule has 1 aliphatic heterocycles. The van der Waals surface area contributed by atoms with E-state index in [-0.39, 0.29) is 11.8 Å². The minimum atomic E-state index is -0.490. The van der Waals surface area contributed by atoms with Crippen molar-refractivity contribution in [3.8, 4) is 5.75 Å². The predicted molar refractivity (Wildman–Crippen MR) is 97.1 cm³/mol. The van der Waals surface area contributed by atoms with Crippen molar-refractivity contribution >= 4 is 17.5 Å². The number of amides is 2. The molecule has 0 radical (unpaired) electrons. The Labute approximate surface area is 147 Å². The van der Waals surface area contributed by atoms with Crippen LogP contribution in [0.4, 0.5) is 5.69 Å². The van der Waals surface area contributed by atoms with E-state index in [9.17, 15) is 9.59 Å². The lowest BCUT2D eigenvalue weighted by Gasteiger charge is -2.18. The largest absolute Gasteiger partial charge is 0.497 e. The molecule has 2 aromatic rings. The fourth-order valence-corrected chi connectivity index (χ4v) is 3.16. The van der Waals surface area contributed by atoms with Gasteiger partial charge in [0.25, 0.3) is 5.91 Å². The molecular formula is C20H22N2O3. The molecule has 1 atom stereocenters. The van der Waals surface area contributed by atoms with Gasteiger partial charge in [-0.1, -0.05) is 6.07 Å². The Bertz CT molecular complexity index is 779. The second-order valence-corrected chi connectivity index (χ2v) is 6.38. The number of aryl methyl sites for hydroxylation is 2. The molecule has 0 unspecified atom stereocenters. The third-order valence-corrected chi connectivity index (χ3v) is 4.38. The van der Waals surface area contributed by atoms with Crippen molar-refractivity contribution in [1.82, 2.24) is 5.32 Å². The second-order valence-electron chi connectivity index (χ2n) is 6.38. The van der Waals surface area contributed by atoms with Gasteiger partial charge in [-0.15, -0.1) is 0 Å². The molecular weight excluding hydrogens is 316 g/mol. The number of hydrogen-bond donors (Lipinski definition) is 1. The highest BCUT2D eigenvalue weighted by atomic mass is 16.5. The number of anilines is 1. The Morgan fingerprint density at radius 3 is 2.36 bits per heavy atom. The first kappa shape index (κ1) is 17.0. The number of hydrogen-bond acceptors (Lipinski definition) is 3. The van der Waals surface area contributed by atoms with Gasteiger partial charge in [0, 0.05) is 17.8 Å². The molecule has 0 saturated carbocycles. The molecule has 1 aliphatic rings. The number of carbonyl (C=O) groups is 2. The van der Waals surface area contributed by atoms with E-state index < -0.39 is 6.04 Å². The van der Waals surface area contributed by atoms with E-state index in [1.165, 1.54) is 0 Å². The molecule has 0 aromatic heterocycles. The summed E-state index contributed by atoms with van der Waals surface area (Å²) in [5.41, 5.74) is 3.64. The number of carbonyl (C=O) groups excluding carboxylic acids is 2. The summed E-state index contributed by atoms with van der Waals surface area (Å²) in [5, 5.41) is 2.84. The van der Waals surface area contributed by atoms with Gasteiger partial charge in [0.15, 0.2) is 0 Å². The molecule has 0 aliphatic carbocycles. The van der Waals surface area contributed by atoms with Gasteiger partial charge in [-0.2, -0.15) is 0 Å². The van der Waals surface area contributed by atoms with Gasteiger partial charge in [0.2, 0.25) is 5.91 Å². The van der Waals surface area contributed by atoms with Crippen molar-refractivity contribution in [1.29, 1.82) is 0 Å². The van der Waals surface area contributed by atoms with E-state index in [0.717, 1.165) is 16.8 Å². The molecule has 130 valence electrons. The smallest absolute Gasteiger partial charge is 0.251 e. The third-order valence-electron chi connectivity index (χ3n) is 4.38. The van der Waals surface area contributed by atoms with E-state index in [2.05, 4.69) is 11.4 Å². The minimum absolute atomic E-state index is 0.0631. The van der Waals surface area contributed by atoms with E-state index in [4.69, 9.17) is 4.74 Å². The Morgan fingerprint density at radius 2 is 1.76 bits per heavy atom. The van der Waals surface area contributed by atoms with E-state index in [0.29, 0.717) is 24.3 Å². The first-order valence-electron chi connectivity index (χ1n) is 8.32. The average Bonchev–Trinajstić information content (AvgIpc) is 2.95. The van der Waals surface area contributed by atoms with Crippen LogP contribution >= 0.6 is 0 Å². The first-order chi connectivity index (χ1) is 12.0. The van der Waals surface area contributed by atoms with Crippen LogP contribution in [0.15, 0.2) is 42.5 Å². The Balaban J connectivity index is 1.70. The molecule has 1 N–H and O–H groups in total. The molecule has 1 fully saturated rings. The van der Waals surface area contributed by atoms with Crippen LogP contribution < -0.4 is 15.0 Å². The Hall–Kier alpha value is -2.82. The van der Waals surface area contributed by atoms with Gasteiger partial charge < -0.3 is 15.0 Å². The van der Waals surface area contributed by atoms with Crippen LogP contribution in [0.5, 0.6) is 5.75 Å². The molecule has 0 bridgehead atoms. The number of rotatable bonds is 4.